The van der Waals surface area contributed by atoms with Crippen LogP contribution in [0, 0.1) is 6.92 Å². The van der Waals surface area contributed by atoms with Gasteiger partial charge in [0.1, 0.15) is 5.78 Å². The topological polar surface area (TPSA) is 37.4 Å². The van der Waals surface area contributed by atoms with Gasteiger partial charge in [-0.2, -0.15) is 13.2 Å². The number of carbonyl (C=O) groups is 2. The van der Waals surface area contributed by atoms with Crippen molar-refractivity contribution in [1.29, 1.82) is 0 Å². The van der Waals surface area contributed by atoms with E-state index in [0.717, 1.165) is 17.4 Å². The first kappa shape index (κ1) is 16.9. The number of benzene rings is 1. The Bertz CT molecular complexity index is 573. The van der Waals surface area contributed by atoms with Gasteiger partial charge in [0, 0.05) is 19.0 Å². The first-order valence-electron chi connectivity index (χ1n) is 6.77. The van der Waals surface area contributed by atoms with Gasteiger partial charge in [-0.15, -0.1) is 11.8 Å². The van der Waals surface area contributed by atoms with Crippen LogP contribution in [0.4, 0.5) is 18.9 Å². The Kier molecular flexibility index (Phi) is 4.56. The van der Waals surface area contributed by atoms with Gasteiger partial charge in [0.15, 0.2) is 4.87 Å². The summed E-state index contributed by atoms with van der Waals surface area (Å²) in [5.41, 5.74) is 1.08. The Morgan fingerprint density at radius 2 is 1.86 bits per heavy atom. The number of thioether (sulfide) groups is 1. The summed E-state index contributed by atoms with van der Waals surface area (Å²) in [7, 11) is 0. The van der Waals surface area contributed by atoms with Crippen molar-refractivity contribution in [2.45, 2.75) is 37.7 Å². The Morgan fingerprint density at radius 3 is 2.27 bits per heavy atom. The van der Waals surface area contributed by atoms with E-state index < -0.39 is 23.4 Å². The summed E-state index contributed by atoms with van der Waals surface area (Å²) >= 11 is 0.492. The molecule has 1 unspecified atom stereocenters. The molecule has 2 rings (SSSR count). The lowest BCUT2D eigenvalue weighted by molar-refractivity contribution is -0.166. The van der Waals surface area contributed by atoms with Gasteiger partial charge in [0.05, 0.1) is 5.75 Å². The molecular weight excluding hydrogens is 315 g/mol. The summed E-state index contributed by atoms with van der Waals surface area (Å²) in [4.78, 5) is 21.7. The van der Waals surface area contributed by atoms with Crippen LogP contribution in [0.15, 0.2) is 24.3 Å². The Labute approximate surface area is 130 Å². The minimum atomic E-state index is -4.63. The molecule has 7 heteroatoms. The van der Waals surface area contributed by atoms with Gasteiger partial charge in [-0.3, -0.25) is 14.5 Å². The maximum absolute atomic E-state index is 13.8. The number of Topliss-reactive ketones (excluding diaryl/α,β-unsaturated/α-hetero) is 1. The monoisotopic (exact) mass is 331 g/mol. The molecule has 0 bridgehead atoms. The number of rotatable bonds is 2. The molecule has 0 aliphatic carbocycles. The predicted molar refractivity (Wildman–Crippen MR) is 79.8 cm³/mol. The third kappa shape index (κ3) is 2.99. The van der Waals surface area contributed by atoms with Gasteiger partial charge in [-0.1, -0.05) is 17.7 Å². The van der Waals surface area contributed by atoms with Crippen molar-refractivity contribution in [1.82, 2.24) is 0 Å². The van der Waals surface area contributed by atoms with Crippen molar-refractivity contribution in [3.8, 4) is 0 Å². The smallest absolute Gasteiger partial charge is 0.299 e. The zero-order valence-corrected chi connectivity index (χ0v) is 13.1. The molecule has 22 heavy (non-hydrogen) atoms. The first-order valence-corrected chi connectivity index (χ1v) is 7.76. The third-order valence-corrected chi connectivity index (χ3v) is 5.19. The lowest BCUT2D eigenvalue weighted by Crippen LogP contribution is -2.60. The van der Waals surface area contributed by atoms with Crippen LogP contribution in [0.25, 0.3) is 0 Å². The third-order valence-electron chi connectivity index (χ3n) is 3.63. The van der Waals surface area contributed by atoms with E-state index in [2.05, 4.69) is 0 Å². The number of hydrogen-bond donors (Lipinski definition) is 0. The fourth-order valence-electron chi connectivity index (χ4n) is 2.52. The zero-order chi connectivity index (χ0) is 16.5. The van der Waals surface area contributed by atoms with Crippen LogP contribution in [0.1, 0.15) is 25.3 Å². The highest BCUT2D eigenvalue weighted by atomic mass is 32.2. The fourth-order valence-corrected chi connectivity index (χ4v) is 3.84. The number of hydrogen-bond acceptors (Lipinski definition) is 3. The molecular formula is C15H16F3NO2S. The molecule has 1 aliphatic heterocycles. The standard InChI is InChI=1S/C15H16F3NO2S/c1-10-3-5-12(6-4-10)19(11(2)20)14(15(16,17)18)8-7-13(21)9-22-14/h3-6H,7-9H2,1-2H3. The maximum atomic E-state index is 13.8. The van der Waals surface area contributed by atoms with E-state index in [4.69, 9.17) is 0 Å². The van der Waals surface area contributed by atoms with Gasteiger partial charge >= 0.3 is 6.18 Å². The molecule has 0 N–H and O–H groups in total. The second-order valence-corrected chi connectivity index (χ2v) is 6.55. The fraction of sp³-hybridized carbons (Fsp3) is 0.467. The minimum Gasteiger partial charge on any atom is -0.299 e. The summed E-state index contributed by atoms with van der Waals surface area (Å²) in [5.74, 6) is -1.16. The van der Waals surface area contributed by atoms with Crippen molar-refractivity contribution in [3.63, 3.8) is 0 Å². The van der Waals surface area contributed by atoms with Crippen LogP contribution in [-0.4, -0.2) is 28.5 Å². The maximum Gasteiger partial charge on any atom is 0.421 e. The number of alkyl halides is 3. The van der Waals surface area contributed by atoms with E-state index in [1.165, 1.54) is 12.1 Å². The molecule has 1 saturated heterocycles. The average molecular weight is 331 g/mol. The van der Waals surface area contributed by atoms with Gasteiger partial charge in [0.2, 0.25) is 5.91 Å². The average Bonchev–Trinajstić information content (AvgIpc) is 2.42. The van der Waals surface area contributed by atoms with Crippen molar-refractivity contribution in [3.05, 3.63) is 29.8 Å². The van der Waals surface area contributed by atoms with E-state index in [0.29, 0.717) is 11.8 Å². The summed E-state index contributed by atoms with van der Waals surface area (Å²) < 4.78 is 41.3. The van der Waals surface area contributed by atoms with Gasteiger partial charge < -0.3 is 0 Å². The van der Waals surface area contributed by atoms with Gasteiger partial charge in [-0.05, 0) is 25.5 Å². The normalized spacial score (nSPS) is 22.5. The molecule has 1 aliphatic rings. The zero-order valence-electron chi connectivity index (χ0n) is 12.2. The molecule has 1 aromatic carbocycles. The van der Waals surface area contributed by atoms with Gasteiger partial charge in [-0.25, -0.2) is 0 Å². The van der Waals surface area contributed by atoms with Crippen LogP contribution in [-0.2, 0) is 9.59 Å². The van der Waals surface area contributed by atoms with Crippen LogP contribution >= 0.6 is 11.8 Å². The molecule has 0 aromatic heterocycles. The molecule has 120 valence electrons. The molecule has 1 fully saturated rings. The molecule has 0 radical (unpaired) electrons. The van der Waals surface area contributed by atoms with Crippen molar-refractivity contribution < 1.29 is 22.8 Å². The number of nitrogens with zero attached hydrogens (tertiary/aromatic N) is 1. The van der Waals surface area contributed by atoms with Crippen molar-refractivity contribution in [2.75, 3.05) is 10.7 Å². The van der Waals surface area contributed by atoms with Crippen LogP contribution in [0.3, 0.4) is 0 Å². The summed E-state index contributed by atoms with van der Waals surface area (Å²) in [6, 6.07) is 6.32. The number of halogens is 3. The number of anilines is 1. The molecule has 1 amide bonds. The highest BCUT2D eigenvalue weighted by Gasteiger charge is 2.61. The number of aryl methyl sites for hydroxylation is 1. The van der Waals surface area contributed by atoms with Crippen molar-refractivity contribution in [2.24, 2.45) is 0 Å². The van der Waals surface area contributed by atoms with E-state index in [-0.39, 0.29) is 23.6 Å². The molecule has 0 spiro atoms. The summed E-state index contributed by atoms with van der Waals surface area (Å²) in [6.45, 7) is 2.93. The van der Waals surface area contributed by atoms with Gasteiger partial charge in [0.25, 0.3) is 0 Å². The van der Waals surface area contributed by atoms with E-state index in [9.17, 15) is 22.8 Å². The second kappa shape index (κ2) is 5.95. The molecule has 1 aromatic rings. The van der Waals surface area contributed by atoms with E-state index >= 15 is 0 Å². The predicted octanol–water partition coefficient (Wildman–Crippen LogP) is 3.70. The summed E-state index contributed by atoms with van der Waals surface area (Å²) in [5, 5.41) is 0. The lowest BCUT2D eigenvalue weighted by atomic mass is 10.0. The quantitative estimate of drug-likeness (QED) is 0.829. The van der Waals surface area contributed by atoms with E-state index in [1.807, 2.05) is 6.92 Å². The van der Waals surface area contributed by atoms with Crippen LogP contribution < -0.4 is 4.90 Å². The molecule has 3 nitrogen and oxygen atoms in total. The molecule has 1 heterocycles. The van der Waals surface area contributed by atoms with Crippen LogP contribution in [0.5, 0.6) is 0 Å². The second-order valence-electron chi connectivity index (χ2n) is 5.30. The molecule has 0 saturated carbocycles. The first-order chi connectivity index (χ1) is 10.2. The largest absolute Gasteiger partial charge is 0.421 e. The number of carbonyl (C=O) groups excluding carboxylic acids is 2. The minimum absolute atomic E-state index is 0.178. The van der Waals surface area contributed by atoms with Crippen LogP contribution in [0.2, 0.25) is 0 Å². The lowest BCUT2D eigenvalue weighted by Gasteiger charge is -2.45. The Morgan fingerprint density at radius 1 is 1.27 bits per heavy atom. The Balaban J connectivity index is 2.53. The highest BCUT2D eigenvalue weighted by molar-refractivity contribution is 8.01. The number of amides is 1. The van der Waals surface area contributed by atoms with E-state index in [1.54, 1.807) is 12.1 Å². The summed E-state index contributed by atoms with van der Waals surface area (Å²) in [6.07, 6.45) is -5.23. The highest BCUT2D eigenvalue weighted by Crippen LogP contribution is 2.51. The Hall–Kier alpha value is -1.50. The molecule has 1 atom stereocenters. The SMILES string of the molecule is CC(=O)N(c1ccc(C)cc1)C1(C(F)(F)F)CCC(=O)CS1. The van der Waals surface area contributed by atoms with Crippen molar-refractivity contribution >= 4 is 29.1 Å². The number of ketones is 1.